The van der Waals surface area contributed by atoms with Crippen molar-refractivity contribution in [3.63, 3.8) is 0 Å². The zero-order valence-corrected chi connectivity index (χ0v) is 35.4. The average Bonchev–Trinajstić information content (AvgIpc) is 3.68. The highest BCUT2D eigenvalue weighted by atomic mass is 19.1. The standard InChI is InChI=1S/C55H54F2N2/c1-51(2)45-29-35(37-19-23-49-47(31-37)52(3)25-7-9-27-54(52,5)58(49)41-15-11-13-39(56)33-41)17-21-43(45)44-22-18-36(30-46(44)51)38-20-24-50-48(32-38)53(4)26-8-10-28-55(53,6)59(50)42-16-12-14-40(57)34-42/h11-24,29-34H,7-10,25-28H2,1-6H3. The minimum Gasteiger partial charge on any atom is -0.334 e. The van der Waals surface area contributed by atoms with Crippen molar-refractivity contribution in [1.82, 2.24) is 0 Å². The van der Waals surface area contributed by atoms with Gasteiger partial charge in [0.1, 0.15) is 11.6 Å². The van der Waals surface area contributed by atoms with Crippen LogP contribution in [0.25, 0.3) is 33.4 Å². The Morgan fingerprint density at radius 3 is 1.19 bits per heavy atom. The van der Waals surface area contributed by atoms with Crippen molar-refractivity contribution < 1.29 is 8.78 Å². The number of hydrogen-bond acceptors (Lipinski definition) is 2. The monoisotopic (exact) mass is 780 g/mol. The topological polar surface area (TPSA) is 6.48 Å². The van der Waals surface area contributed by atoms with E-state index in [1.807, 2.05) is 12.1 Å². The Hall–Kier alpha value is -5.22. The first-order valence-corrected chi connectivity index (χ1v) is 22.0. The second kappa shape index (κ2) is 12.4. The van der Waals surface area contributed by atoms with Gasteiger partial charge in [0, 0.05) is 39.0 Å². The number of benzene rings is 6. The molecule has 0 radical (unpaired) electrons. The van der Waals surface area contributed by atoms with E-state index >= 15 is 0 Å². The van der Waals surface area contributed by atoms with E-state index in [1.165, 1.54) is 92.7 Å². The van der Waals surface area contributed by atoms with Gasteiger partial charge in [-0.15, -0.1) is 0 Å². The Kier molecular flexibility index (Phi) is 7.75. The van der Waals surface area contributed by atoms with E-state index in [0.29, 0.717) is 0 Å². The van der Waals surface area contributed by atoms with E-state index in [4.69, 9.17) is 0 Å². The molecule has 0 amide bonds. The lowest BCUT2D eigenvalue weighted by molar-refractivity contribution is 0.195. The highest BCUT2D eigenvalue weighted by Gasteiger charge is 2.59. The highest BCUT2D eigenvalue weighted by molar-refractivity contribution is 5.88. The van der Waals surface area contributed by atoms with Crippen molar-refractivity contribution in [1.29, 1.82) is 0 Å². The molecule has 4 unspecified atom stereocenters. The van der Waals surface area contributed by atoms with Crippen LogP contribution in [0.5, 0.6) is 0 Å². The zero-order valence-electron chi connectivity index (χ0n) is 35.4. The summed E-state index contributed by atoms with van der Waals surface area (Å²) in [6, 6.07) is 42.6. The predicted molar refractivity (Wildman–Crippen MR) is 240 cm³/mol. The summed E-state index contributed by atoms with van der Waals surface area (Å²) in [5.41, 5.74) is 16.8. The van der Waals surface area contributed by atoms with E-state index in [0.717, 1.165) is 37.1 Å². The first-order valence-electron chi connectivity index (χ1n) is 22.0. The van der Waals surface area contributed by atoms with Gasteiger partial charge in [-0.05, 0) is 168 Å². The molecule has 5 aliphatic rings. The third-order valence-electron chi connectivity index (χ3n) is 16.7. The molecule has 6 aromatic carbocycles. The third-order valence-corrected chi connectivity index (χ3v) is 16.7. The Bertz CT molecular complexity index is 2550. The van der Waals surface area contributed by atoms with E-state index in [1.54, 1.807) is 24.3 Å². The molecule has 4 atom stereocenters. The van der Waals surface area contributed by atoms with Crippen LogP contribution in [0.15, 0.2) is 121 Å². The van der Waals surface area contributed by atoms with Crippen molar-refractivity contribution in [2.45, 2.75) is 120 Å². The van der Waals surface area contributed by atoms with Gasteiger partial charge in [-0.25, -0.2) is 8.78 Å². The summed E-state index contributed by atoms with van der Waals surface area (Å²) in [4.78, 5) is 4.90. The lowest BCUT2D eigenvalue weighted by Crippen LogP contribution is -2.54. The number of rotatable bonds is 4. The fourth-order valence-corrected chi connectivity index (χ4v) is 13.0. The largest absolute Gasteiger partial charge is 0.334 e. The molecule has 298 valence electrons. The maximum atomic E-state index is 14.7. The number of fused-ring (bicyclic) bond motifs is 9. The van der Waals surface area contributed by atoms with Crippen molar-refractivity contribution in [2.75, 3.05) is 9.80 Å². The van der Waals surface area contributed by atoms with Crippen LogP contribution < -0.4 is 9.80 Å². The van der Waals surface area contributed by atoms with Crippen LogP contribution >= 0.6 is 0 Å². The summed E-state index contributed by atoms with van der Waals surface area (Å²) >= 11 is 0. The molecule has 11 rings (SSSR count). The van der Waals surface area contributed by atoms with E-state index < -0.39 is 0 Å². The van der Waals surface area contributed by atoms with E-state index in [-0.39, 0.29) is 39.0 Å². The molecular weight excluding hydrogens is 727 g/mol. The quantitative estimate of drug-likeness (QED) is 0.176. The van der Waals surface area contributed by atoms with Gasteiger partial charge in [-0.2, -0.15) is 0 Å². The van der Waals surface area contributed by atoms with Gasteiger partial charge in [0.25, 0.3) is 0 Å². The van der Waals surface area contributed by atoms with Crippen molar-refractivity contribution in [2.24, 2.45) is 0 Å². The maximum Gasteiger partial charge on any atom is 0.125 e. The summed E-state index contributed by atoms with van der Waals surface area (Å²) in [5.74, 6) is -0.379. The molecule has 2 nitrogen and oxygen atoms in total. The Morgan fingerprint density at radius 2 is 0.780 bits per heavy atom. The van der Waals surface area contributed by atoms with Gasteiger partial charge >= 0.3 is 0 Å². The normalized spacial score (nSPS) is 27.1. The van der Waals surface area contributed by atoms with E-state index in [9.17, 15) is 8.78 Å². The molecule has 0 N–H and O–H groups in total. The minimum atomic E-state index is -0.190. The molecule has 2 aliphatic heterocycles. The van der Waals surface area contributed by atoms with Crippen molar-refractivity contribution in [3.8, 4) is 33.4 Å². The van der Waals surface area contributed by atoms with Crippen LogP contribution in [0, 0.1) is 11.6 Å². The number of nitrogens with zero attached hydrogens (tertiary/aromatic N) is 2. The molecule has 2 saturated carbocycles. The molecule has 2 heterocycles. The molecular formula is C55H54F2N2. The fraction of sp³-hybridized carbons (Fsp3) is 0.345. The number of anilines is 4. The second-order valence-electron chi connectivity index (χ2n) is 19.9. The first kappa shape index (κ1) is 36.8. The number of hydrogen-bond donors (Lipinski definition) is 0. The fourth-order valence-electron chi connectivity index (χ4n) is 13.0. The molecule has 0 bridgehead atoms. The van der Waals surface area contributed by atoms with Crippen LogP contribution in [-0.4, -0.2) is 11.1 Å². The Morgan fingerprint density at radius 1 is 0.407 bits per heavy atom. The van der Waals surface area contributed by atoms with Gasteiger partial charge in [-0.1, -0.05) is 102 Å². The maximum absolute atomic E-state index is 14.7. The van der Waals surface area contributed by atoms with Crippen LogP contribution in [0.1, 0.15) is 115 Å². The second-order valence-corrected chi connectivity index (χ2v) is 19.9. The molecule has 59 heavy (non-hydrogen) atoms. The molecule has 6 aromatic rings. The molecule has 3 aliphatic carbocycles. The molecule has 4 heteroatoms. The van der Waals surface area contributed by atoms with Gasteiger partial charge in [0.05, 0.1) is 11.1 Å². The summed E-state index contributed by atoms with van der Waals surface area (Å²) in [6.07, 6.45) is 9.17. The highest BCUT2D eigenvalue weighted by Crippen LogP contribution is 2.63. The molecule has 2 fully saturated rings. The van der Waals surface area contributed by atoms with Gasteiger partial charge < -0.3 is 9.80 Å². The van der Waals surface area contributed by atoms with Crippen LogP contribution in [0.3, 0.4) is 0 Å². The average molecular weight is 781 g/mol. The van der Waals surface area contributed by atoms with Crippen molar-refractivity contribution >= 4 is 22.7 Å². The summed E-state index contributed by atoms with van der Waals surface area (Å²) < 4.78 is 29.3. The lowest BCUT2D eigenvalue weighted by Gasteiger charge is -2.50. The third kappa shape index (κ3) is 4.89. The molecule has 0 spiro atoms. The minimum absolute atomic E-state index is 0.0477. The Labute approximate surface area is 348 Å². The van der Waals surface area contributed by atoms with Crippen LogP contribution in [0.4, 0.5) is 31.5 Å². The summed E-state index contributed by atoms with van der Waals surface area (Å²) in [7, 11) is 0. The van der Waals surface area contributed by atoms with Crippen LogP contribution in [-0.2, 0) is 16.2 Å². The molecule has 0 saturated heterocycles. The zero-order chi connectivity index (χ0) is 40.7. The lowest BCUT2D eigenvalue weighted by atomic mass is 9.61. The van der Waals surface area contributed by atoms with Gasteiger partial charge in [0.15, 0.2) is 0 Å². The van der Waals surface area contributed by atoms with Crippen LogP contribution in [0.2, 0.25) is 0 Å². The summed E-state index contributed by atoms with van der Waals surface area (Å²) in [5, 5.41) is 0. The first-order chi connectivity index (χ1) is 28.3. The smallest absolute Gasteiger partial charge is 0.125 e. The SMILES string of the molecule is CC1(C)c2cc(-c3ccc4c(c3)C3(C)CCCCC3(C)N4c3cccc(F)c3)ccc2-c2ccc(-c3ccc4c(c3)C3(C)CCCCC3(C)N4c3cccc(F)c3)cc21. The summed E-state index contributed by atoms with van der Waals surface area (Å²) in [6.45, 7) is 14.5. The van der Waals surface area contributed by atoms with Gasteiger partial charge in [0.2, 0.25) is 0 Å². The molecule has 0 aromatic heterocycles. The van der Waals surface area contributed by atoms with Crippen molar-refractivity contribution in [3.05, 3.63) is 155 Å². The number of halogens is 2. The van der Waals surface area contributed by atoms with E-state index in [2.05, 4.69) is 136 Å². The Balaban J connectivity index is 0.960. The predicted octanol–water partition coefficient (Wildman–Crippen LogP) is 15.1. The van der Waals surface area contributed by atoms with Gasteiger partial charge in [-0.3, -0.25) is 0 Å².